The standard InChI is InChI=1S/C12H15BrF2N2/c1-7-5-17(6-8(2)16-7)12-10(14)3-9(13)4-11(12)15/h3-4,7-8,16H,5-6H2,1-2H3/t7-,8+. The van der Waals surface area contributed by atoms with E-state index in [1.807, 2.05) is 13.8 Å². The van der Waals surface area contributed by atoms with E-state index < -0.39 is 11.6 Å². The van der Waals surface area contributed by atoms with Crippen LogP contribution in [0.5, 0.6) is 0 Å². The van der Waals surface area contributed by atoms with Crippen LogP contribution in [0.25, 0.3) is 0 Å². The summed E-state index contributed by atoms with van der Waals surface area (Å²) in [5.74, 6) is -1.03. The highest BCUT2D eigenvalue weighted by molar-refractivity contribution is 9.10. The van der Waals surface area contributed by atoms with E-state index in [9.17, 15) is 8.78 Å². The molecule has 2 rings (SSSR count). The van der Waals surface area contributed by atoms with Gasteiger partial charge < -0.3 is 10.2 Å². The van der Waals surface area contributed by atoms with Crippen molar-refractivity contribution in [2.24, 2.45) is 0 Å². The van der Waals surface area contributed by atoms with Crippen LogP contribution < -0.4 is 10.2 Å². The van der Waals surface area contributed by atoms with Crippen LogP contribution in [0.2, 0.25) is 0 Å². The number of nitrogens with zero attached hydrogens (tertiary/aromatic N) is 1. The molecule has 0 radical (unpaired) electrons. The fraction of sp³-hybridized carbons (Fsp3) is 0.500. The van der Waals surface area contributed by atoms with Gasteiger partial charge in [-0.05, 0) is 26.0 Å². The van der Waals surface area contributed by atoms with E-state index in [4.69, 9.17) is 0 Å². The fourth-order valence-corrected chi connectivity index (χ4v) is 2.75. The second-order valence-electron chi connectivity index (χ2n) is 4.59. The number of piperazine rings is 1. The van der Waals surface area contributed by atoms with Gasteiger partial charge in [-0.15, -0.1) is 0 Å². The summed E-state index contributed by atoms with van der Waals surface area (Å²) >= 11 is 3.08. The van der Waals surface area contributed by atoms with Crippen LogP contribution in [0.4, 0.5) is 14.5 Å². The zero-order chi connectivity index (χ0) is 12.6. The first-order valence-electron chi connectivity index (χ1n) is 5.63. The van der Waals surface area contributed by atoms with Crippen molar-refractivity contribution in [3.8, 4) is 0 Å². The Morgan fingerprint density at radius 1 is 1.18 bits per heavy atom. The molecule has 17 heavy (non-hydrogen) atoms. The third-order valence-electron chi connectivity index (χ3n) is 2.86. The van der Waals surface area contributed by atoms with Crippen molar-refractivity contribution in [1.29, 1.82) is 0 Å². The fourth-order valence-electron chi connectivity index (χ4n) is 2.35. The van der Waals surface area contributed by atoms with Gasteiger partial charge in [0.05, 0.1) is 0 Å². The van der Waals surface area contributed by atoms with E-state index in [0.29, 0.717) is 17.6 Å². The van der Waals surface area contributed by atoms with Crippen molar-refractivity contribution in [1.82, 2.24) is 5.32 Å². The summed E-state index contributed by atoms with van der Waals surface area (Å²) in [7, 11) is 0. The number of benzene rings is 1. The monoisotopic (exact) mass is 304 g/mol. The van der Waals surface area contributed by atoms with Crippen molar-refractivity contribution in [2.75, 3.05) is 18.0 Å². The lowest BCUT2D eigenvalue weighted by atomic mass is 10.1. The van der Waals surface area contributed by atoms with Gasteiger partial charge in [-0.3, -0.25) is 0 Å². The maximum Gasteiger partial charge on any atom is 0.150 e. The zero-order valence-electron chi connectivity index (χ0n) is 9.80. The molecule has 5 heteroatoms. The van der Waals surface area contributed by atoms with Gasteiger partial charge in [-0.1, -0.05) is 15.9 Å². The van der Waals surface area contributed by atoms with Crippen molar-refractivity contribution in [3.05, 3.63) is 28.2 Å². The summed E-state index contributed by atoms with van der Waals surface area (Å²) in [6.07, 6.45) is 0. The van der Waals surface area contributed by atoms with Crippen molar-refractivity contribution in [3.63, 3.8) is 0 Å². The predicted molar refractivity (Wildman–Crippen MR) is 68.3 cm³/mol. The number of rotatable bonds is 1. The summed E-state index contributed by atoms with van der Waals surface area (Å²) in [6.45, 7) is 5.24. The Kier molecular flexibility index (Phi) is 3.68. The first kappa shape index (κ1) is 12.8. The first-order chi connectivity index (χ1) is 7.97. The number of hydrogen-bond acceptors (Lipinski definition) is 2. The molecule has 1 fully saturated rings. The molecular formula is C12H15BrF2N2. The topological polar surface area (TPSA) is 15.3 Å². The van der Waals surface area contributed by atoms with Crippen molar-refractivity contribution < 1.29 is 8.78 Å². The van der Waals surface area contributed by atoms with E-state index in [0.717, 1.165) is 0 Å². The molecule has 2 nitrogen and oxygen atoms in total. The lowest BCUT2D eigenvalue weighted by molar-refractivity contribution is 0.400. The second kappa shape index (κ2) is 4.90. The third-order valence-corrected chi connectivity index (χ3v) is 3.31. The Balaban J connectivity index is 2.33. The van der Waals surface area contributed by atoms with Crippen LogP contribution in [0.1, 0.15) is 13.8 Å². The van der Waals surface area contributed by atoms with E-state index in [1.165, 1.54) is 12.1 Å². The molecule has 1 N–H and O–H groups in total. The van der Waals surface area contributed by atoms with Gasteiger partial charge in [-0.25, -0.2) is 8.78 Å². The molecule has 0 aliphatic carbocycles. The van der Waals surface area contributed by atoms with Crippen LogP contribution in [0.3, 0.4) is 0 Å². The zero-order valence-corrected chi connectivity index (χ0v) is 11.4. The van der Waals surface area contributed by atoms with Crippen LogP contribution in [0.15, 0.2) is 16.6 Å². The van der Waals surface area contributed by atoms with Gasteiger partial charge >= 0.3 is 0 Å². The molecule has 1 saturated heterocycles. The minimum atomic E-state index is -0.516. The minimum absolute atomic E-state index is 0.0772. The average Bonchev–Trinajstić information content (AvgIpc) is 2.13. The SMILES string of the molecule is C[C@@H]1CN(c2c(F)cc(Br)cc2F)C[C@H](C)N1. The molecule has 0 aromatic heterocycles. The lowest BCUT2D eigenvalue weighted by Gasteiger charge is -2.37. The van der Waals surface area contributed by atoms with Crippen molar-refractivity contribution in [2.45, 2.75) is 25.9 Å². The van der Waals surface area contributed by atoms with Gasteiger partial charge in [0.2, 0.25) is 0 Å². The predicted octanol–water partition coefficient (Wildman–Crippen LogP) is 2.91. The molecule has 0 unspecified atom stereocenters. The molecule has 0 spiro atoms. The quantitative estimate of drug-likeness (QED) is 0.858. The Bertz CT molecular complexity index is 392. The van der Waals surface area contributed by atoms with E-state index in [1.54, 1.807) is 4.90 Å². The Morgan fingerprint density at radius 2 is 1.65 bits per heavy atom. The van der Waals surface area contributed by atoms with Crippen LogP contribution >= 0.6 is 15.9 Å². The molecule has 1 aliphatic heterocycles. The highest BCUT2D eigenvalue weighted by atomic mass is 79.9. The van der Waals surface area contributed by atoms with Gasteiger partial charge in [0.15, 0.2) is 11.6 Å². The van der Waals surface area contributed by atoms with Crippen LogP contribution in [0, 0.1) is 11.6 Å². The number of halogens is 3. The highest BCUT2D eigenvalue weighted by Gasteiger charge is 2.25. The van der Waals surface area contributed by atoms with Crippen LogP contribution in [-0.2, 0) is 0 Å². The molecule has 1 heterocycles. The summed E-state index contributed by atoms with van der Waals surface area (Å²) < 4.78 is 28.1. The van der Waals surface area contributed by atoms with Gasteiger partial charge in [0.25, 0.3) is 0 Å². The maximum absolute atomic E-state index is 13.8. The average molecular weight is 305 g/mol. The maximum atomic E-state index is 13.8. The summed E-state index contributed by atoms with van der Waals surface area (Å²) in [5, 5.41) is 3.33. The van der Waals surface area contributed by atoms with Crippen LogP contribution in [-0.4, -0.2) is 25.2 Å². The molecule has 1 aromatic rings. The summed E-state index contributed by atoms with van der Waals surface area (Å²) in [5.41, 5.74) is 0.0772. The normalized spacial score (nSPS) is 25.1. The van der Waals surface area contributed by atoms with Gasteiger partial charge in [0, 0.05) is 29.6 Å². The van der Waals surface area contributed by atoms with Crippen molar-refractivity contribution >= 4 is 21.6 Å². The number of anilines is 1. The van der Waals surface area contributed by atoms with Gasteiger partial charge in [0.1, 0.15) is 5.69 Å². The largest absolute Gasteiger partial charge is 0.364 e. The number of hydrogen-bond donors (Lipinski definition) is 1. The minimum Gasteiger partial charge on any atom is -0.364 e. The molecule has 1 aromatic carbocycles. The summed E-state index contributed by atoms with van der Waals surface area (Å²) in [4.78, 5) is 1.77. The van der Waals surface area contributed by atoms with E-state index in [-0.39, 0.29) is 17.8 Å². The van der Waals surface area contributed by atoms with E-state index >= 15 is 0 Å². The molecule has 2 atom stereocenters. The second-order valence-corrected chi connectivity index (χ2v) is 5.51. The molecular weight excluding hydrogens is 290 g/mol. The van der Waals surface area contributed by atoms with E-state index in [2.05, 4.69) is 21.2 Å². The smallest absolute Gasteiger partial charge is 0.150 e. The van der Waals surface area contributed by atoms with Gasteiger partial charge in [-0.2, -0.15) is 0 Å². The molecule has 0 amide bonds. The molecule has 0 bridgehead atoms. The lowest BCUT2D eigenvalue weighted by Crippen LogP contribution is -2.54. The Hall–Kier alpha value is -0.680. The molecule has 94 valence electrons. The molecule has 1 aliphatic rings. The first-order valence-corrected chi connectivity index (χ1v) is 6.42. The number of nitrogens with one attached hydrogen (secondary N) is 1. The Labute approximate surface area is 108 Å². The summed E-state index contributed by atoms with van der Waals surface area (Å²) in [6, 6.07) is 3.05. The Morgan fingerprint density at radius 3 is 2.12 bits per heavy atom. The molecule has 0 saturated carbocycles. The highest BCUT2D eigenvalue weighted by Crippen LogP contribution is 2.28. The third kappa shape index (κ3) is 2.77.